The van der Waals surface area contributed by atoms with E-state index in [9.17, 15) is 9.59 Å². The molecular formula is C15H22N2O3S. The molecule has 1 fully saturated rings. The van der Waals surface area contributed by atoms with Crippen LogP contribution in [0.2, 0.25) is 0 Å². The Labute approximate surface area is 128 Å². The molecule has 2 heterocycles. The molecule has 21 heavy (non-hydrogen) atoms. The fourth-order valence-electron chi connectivity index (χ4n) is 2.73. The number of aryl methyl sites for hydroxylation is 1. The summed E-state index contributed by atoms with van der Waals surface area (Å²) >= 11 is 1.92. The molecule has 1 aromatic heterocycles. The van der Waals surface area contributed by atoms with Crippen LogP contribution in [-0.4, -0.2) is 32.1 Å². The molecule has 2 atom stereocenters. The van der Waals surface area contributed by atoms with Crippen LogP contribution in [0.1, 0.15) is 30.3 Å². The lowest BCUT2D eigenvalue weighted by molar-refractivity contribution is -0.141. The van der Waals surface area contributed by atoms with Gasteiger partial charge in [-0.05, 0) is 49.7 Å². The maximum absolute atomic E-state index is 12.1. The van der Waals surface area contributed by atoms with Crippen molar-refractivity contribution in [1.82, 2.24) is 9.55 Å². The van der Waals surface area contributed by atoms with Gasteiger partial charge in [-0.3, -0.25) is 9.36 Å². The van der Waals surface area contributed by atoms with E-state index >= 15 is 0 Å². The number of hydrogen-bond donors (Lipinski definition) is 1. The van der Waals surface area contributed by atoms with Gasteiger partial charge in [0.15, 0.2) is 0 Å². The summed E-state index contributed by atoms with van der Waals surface area (Å²) in [5.74, 6) is 1.46. The van der Waals surface area contributed by atoms with Crippen molar-refractivity contribution < 1.29 is 9.90 Å². The number of carboxylic acids is 1. The van der Waals surface area contributed by atoms with Gasteiger partial charge in [0, 0.05) is 17.9 Å². The van der Waals surface area contributed by atoms with Gasteiger partial charge in [-0.2, -0.15) is 16.7 Å². The second-order valence-corrected chi connectivity index (χ2v) is 6.98. The molecule has 0 bridgehead atoms. The summed E-state index contributed by atoms with van der Waals surface area (Å²) in [6, 6.07) is 0. The van der Waals surface area contributed by atoms with Crippen LogP contribution in [0.5, 0.6) is 0 Å². The van der Waals surface area contributed by atoms with Gasteiger partial charge >= 0.3 is 11.7 Å². The normalized spacial score (nSPS) is 19.7. The summed E-state index contributed by atoms with van der Waals surface area (Å²) in [7, 11) is 0. The quantitative estimate of drug-likeness (QED) is 0.899. The third-order valence-corrected chi connectivity index (χ3v) is 5.40. The van der Waals surface area contributed by atoms with Gasteiger partial charge in [-0.25, -0.2) is 4.79 Å². The SMILES string of the molecule is Cc1nc(=O)n(CC2CCSC2)c(C)c1CC(C)C(=O)O. The van der Waals surface area contributed by atoms with Crippen molar-refractivity contribution in [3.63, 3.8) is 0 Å². The van der Waals surface area contributed by atoms with Crippen LogP contribution in [0.25, 0.3) is 0 Å². The van der Waals surface area contributed by atoms with Crippen LogP contribution >= 0.6 is 11.8 Å². The molecule has 2 unspecified atom stereocenters. The molecule has 0 spiro atoms. The van der Waals surface area contributed by atoms with Crippen molar-refractivity contribution in [2.24, 2.45) is 11.8 Å². The van der Waals surface area contributed by atoms with Crippen molar-refractivity contribution in [2.45, 2.75) is 40.2 Å². The van der Waals surface area contributed by atoms with Crippen LogP contribution < -0.4 is 5.69 Å². The van der Waals surface area contributed by atoms with Crippen LogP contribution in [0, 0.1) is 25.7 Å². The molecule has 0 amide bonds. The Morgan fingerprint density at radius 2 is 2.24 bits per heavy atom. The minimum Gasteiger partial charge on any atom is -0.481 e. The van der Waals surface area contributed by atoms with Crippen molar-refractivity contribution in [3.05, 3.63) is 27.4 Å². The van der Waals surface area contributed by atoms with Crippen molar-refractivity contribution in [3.8, 4) is 0 Å². The van der Waals surface area contributed by atoms with E-state index in [0.717, 1.165) is 29.2 Å². The Hall–Kier alpha value is -1.30. The summed E-state index contributed by atoms with van der Waals surface area (Å²) in [6.45, 7) is 6.07. The van der Waals surface area contributed by atoms with E-state index < -0.39 is 11.9 Å². The zero-order valence-corrected chi connectivity index (χ0v) is 13.6. The molecule has 1 saturated heterocycles. The molecule has 5 nitrogen and oxygen atoms in total. The molecular weight excluding hydrogens is 288 g/mol. The predicted molar refractivity (Wildman–Crippen MR) is 83.9 cm³/mol. The smallest absolute Gasteiger partial charge is 0.347 e. The van der Waals surface area contributed by atoms with Gasteiger partial charge in [0.25, 0.3) is 0 Å². The van der Waals surface area contributed by atoms with E-state index in [1.165, 1.54) is 0 Å². The molecule has 116 valence electrons. The zero-order chi connectivity index (χ0) is 15.6. The third kappa shape index (κ3) is 3.67. The average Bonchev–Trinajstić information content (AvgIpc) is 2.92. The summed E-state index contributed by atoms with van der Waals surface area (Å²) in [4.78, 5) is 27.3. The van der Waals surface area contributed by atoms with Crippen LogP contribution in [-0.2, 0) is 17.8 Å². The van der Waals surface area contributed by atoms with Crippen LogP contribution in [0.4, 0.5) is 0 Å². The number of thioether (sulfide) groups is 1. The van der Waals surface area contributed by atoms with Crippen LogP contribution in [0.15, 0.2) is 4.79 Å². The fraction of sp³-hybridized carbons (Fsp3) is 0.667. The molecule has 0 saturated carbocycles. The summed E-state index contributed by atoms with van der Waals surface area (Å²) in [5, 5.41) is 9.09. The lowest BCUT2D eigenvalue weighted by Crippen LogP contribution is -2.31. The third-order valence-electron chi connectivity index (χ3n) is 4.17. The Bertz CT molecular complexity index is 591. The van der Waals surface area contributed by atoms with Crippen molar-refractivity contribution in [1.29, 1.82) is 0 Å². The number of nitrogens with zero attached hydrogens (tertiary/aromatic N) is 2. The first kappa shape index (κ1) is 16.1. The topological polar surface area (TPSA) is 72.2 Å². The first-order valence-electron chi connectivity index (χ1n) is 7.27. The van der Waals surface area contributed by atoms with E-state index in [0.29, 0.717) is 24.6 Å². The highest BCUT2D eigenvalue weighted by Gasteiger charge is 2.21. The second kappa shape index (κ2) is 6.64. The highest BCUT2D eigenvalue weighted by atomic mass is 32.2. The van der Waals surface area contributed by atoms with Gasteiger partial charge in [0.2, 0.25) is 0 Å². The minimum atomic E-state index is -0.821. The zero-order valence-electron chi connectivity index (χ0n) is 12.8. The van der Waals surface area contributed by atoms with E-state index in [2.05, 4.69) is 4.98 Å². The van der Waals surface area contributed by atoms with Crippen molar-refractivity contribution in [2.75, 3.05) is 11.5 Å². The van der Waals surface area contributed by atoms with Gasteiger partial charge in [0.05, 0.1) is 5.92 Å². The maximum Gasteiger partial charge on any atom is 0.347 e. The molecule has 6 heteroatoms. The largest absolute Gasteiger partial charge is 0.481 e. The number of aromatic nitrogens is 2. The Morgan fingerprint density at radius 3 is 2.81 bits per heavy atom. The number of aliphatic carboxylic acids is 1. The molecule has 1 aliphatic heterocycles. The Morgan fingerprint density at radius 1 is 1.52 bits per heavy atom. The lowest BCUT2D eigenvalue weighted by Gasteiger charge is -2.19. The number of carboxylic acid groups (broad SMARTS) is 1. The molecule has 0 radical (unpaired) electrons. The fourth-order valence-corrected chi connectivity index (χ4v) is 4.00. The highest BCUT2D eigenvalue weighted by molar-refractivity contribution is 7.99. The van der Waals surface area contributed by atoms with E-state index in [-0.39, 0.29) is 5.69 Å². The van der Waals surface area contributed by atoms with Crippen LogP contribution in [0.3, 0.4) is 0 Å². The Kier molecular flexibility index (Phi) is 5.08. The Balaban J connectivity index is 2.32. The molecule has 0 aromatic carbocycles. The molecule has 1 aromatic rings. The molecule has 0 aliphatic carbocycles. The number of rotatable bonds is 5. The summed E-state index contributed by atoms with van der Waals surface area (Å²) < 4.78 is 1.73. The molecule has 1 aliphatic rings. The highest BCUT2D eigenvalue weighted by Crippen LogP contribution is 2.25. The van der Waals surface area contributed by atoms with Crippen molar-refractivity contribution >= 4 is 17.7 Å². The van der Waals surface area contributed by atoms with Gasteiger partial charge < -0.3 is 5.11 Å². The number of hydrogen-bond acceptors (Lipinski definition) is 4. The van der Waals surface area contributed by atoms with Gasteiger partial charge in [0.1, 0.15) is 0 Å². The van der Waals surface area contributed by atoms with Gasteiger partial charge in [-0.15, -0.1) is 0 Å². The minimum absolute atomic E-state index is 0.214. The summed E-state index contributed by atoms with van der Waals surface area (Å²) in [5.41, 5.74) is 2.21. The van der Waals surface area contributed by atoms with E-state index in [1.54, 1.807) is 18.4 Å². The number of carbonyl (C=O) groups is 1. The monoisotopic (exact) mass is 310 g/mol. The first-order chi connectivity index (χ1) is 9.90. The first-order valence-corrected chi connectivity index (χ1v) is 8.43. The second-order valence-electron chi connectivity index (χ2n) is 5.83. The average molecular weight is 310 g/mol. The standard InChI is InChI=1S/C15H22N2O3S/c1-9(14(18)19)6-13-10(2)16-15(20)17(11(13)3)7-12-4-5-21-8-12/h9,12H,4-8H2,1-3H3,(H,18,19). The molecule has 2 rings (SSSR count). The van der Waals surface area contributed by atoms with E-state index in [1.807, 2.05) is 18.7 Å². The maximum atomic E-state index is 12.1. The van der Waals surface area contributed by atoms with Gasteiger partial charge in [-0.1, -0.05) is 6.92 Å². The summed E-state index contributed by atoms with van der Waals surface area (Å²) in [6.07, 6.45) is 1.55. The van der Waals surface area contributed by atoms with E-state index in [4.69, 9.17) is 5.11 Å². The molecule has 1 N–H and O–H groups in total. The predicted octanol–water partition coefficient (Wildman–Crippen LogP) is 1.88. The lowest BCUT2D eigenvalue weighted by atomic mass is 9.98.